The summed E-state index contributed by atoms with van der Waals surface area (Å²) in [5.41, 5.74) is 8.37. The number of aryl methyl sites for hydroxylation is 4. The third kappa shape index (κ3) is 6.44. The van der Waals surface area contributed by atoms with Crippen LogP contribution in [0.15, 0.2) is 67.9 Å². The van der Waals surface area contributed by atoms with Crippen LogP contribution in [0.5, 0.6) is 0 Å². The highest BCUT2D eigenvalue weighted by Crippen LogP contribution is 2.48. The molecule has 0 N–H and O–H groups in total. The van der Waals surface area contributed by atoms with E-state index in [-0.39, 0.29) is 16.9 Å². The third-order valence-electron chi connectivity index (χ3n) is 10.2. The van der Waals surface area contributed by atoms with Gasteiger partial charge in [0.1, 0.15) is 29.5 Å². The summed E-state index contributed by atoms with van der Waals surface area (Å²) in [4.78, 5) is 1.20. The van der Waals surface area contributed by atoms with Crippen LogP contribution in [0, 0.1) is 27.7 Å². The molecule has 2 aliphatic heterocycles. The van der Waals surface area contributed by atoms with Crippen LogP contribution in [0.2, 0.25) is 0 Å². The Kier molecular flexibility index (Phi) is 9.06. The minimum atomic E-state index is -1.95. The van der Waals surface area contributed by atoms with Crippen molar-refractivity contribution >= 4 is 52.7 Å². The van der Waals surface area contributed by atoms with E-state index >= 15 is 0 Å². The van der Waals surface area contributed by atoms with Gasteiger partial charge < -0.3 is 22.6 Å². The molecule has 266 valence electrons. The number of thioether (sulfide) groups is 1. The Bertz CT molecular complexity index is 2060. The summed E-state index contributed by atoms with van der Waals surface area (Å²) in [5.74, 6) is -0.156. The molecule has 2 saturated heterocycles. The topological polar surface area (TPSA) is 63.2 Å². The van der Waals surface area contributed by atoms with Crippen molar-refractivity contribution in [3.63, 3.8) is 0 Å². The first-order valence-electron chi connectivity index (χ1n) is 17.7. The molecule has 3 heterocycles. The maximum absolute atomic E-state index is 7.09. The van der Waals surface area contributed by atoms with Gasteiger partial charge in [-0.15, -0.1) is 11.8 Å². The average molecular weight is 715 g/mol. The maximum Gasteiger partial charge on any atom is 0.387 e. The summed E-state index contributed by atoms with van der Waals surface area (Å²) in [6.07, 6.45) is -1.82. The zero-order valence-corrected chi connectivity index (χ0v) is 33.2. The molecular weight excluding hydrogens is 663 g/mol. The van der Waals surface area contributed by atoms with Crippen LogP contribution in [-0.4, -0.2) is 36.1 Å². The Morgan fingerprint density at radius 3 is 1.90 bits per heavy atom. The molecule has 2 aliphatic rings. The molecule has 50 heavy (non-hydrogen) atoms. The molecule has 8 heteroatoms. The van der Waals surface area contributed by atoms with E-state index in [9.17, 15) is 0 Å². The molecule has 0 unspecified atom stereocenters. The lowest BCUT2D eigenvalue weighted by atomic mass is 9.81. The van der Waals surface area contributed by atoms with Gasteiger partial charge >= 0.3 is 8.24 Å². The Balaban J connectivity index is 1.42. The molecule has 0 radical (unpaired) electrons. The van der Waals surface area contributed by atoms with E-state index in [4.69, 9.17) is 27.1 Å². The van der Waals surface area contributed by atoms with Crippen LogP contribution in [0.4, 0.5) is 0 Å². The summed E-state index contributed by atoms with van der Waals surface area (Å²) in [6.45, 7) is 26.0. The minimum Gasteiger partial charge on any atom is -0.399 e. The van der Waals surface area contributed by atoms with Crippen LogP contribution in [0.3, 0.4) is 0 Å². The van der Waals surface area contributed by atoms with Crippen LogP contribution in [0.1, 0.15) is 88.8 Å². The van der Waals surface area contributed by atoms with Crippen molar-refractivity contribution in [1.29, 1.82) is 0 Å². The van der Waals surface area contributed by atoms with E-state index in [0.717, 1.165) is 33.1 Å². The predicted molar refractivity (Wildman–Crippen MR) is 206 cm³/mol. The molecule has 0 spiro atoms. The van der Waals surface area contributed by atoms with Crippen molar-refractivity contribution in [2.45, 2.75) is 129 Å². The van der Waals surface area contributed by atoms with Gasteiger partial charge in [0.05, 0.1) is 0 Å². The maximum atomic E-state index is 7.09. The first-order valence-corrected chi connectivity index (χ1v) is 19.8. The van der Waals surface area contributed by atoms with E-state index in [1.807, 2.05) is 13.8 Å². The van der Waals surface area contributed by atoms with E-state index in [1.165, 1.54) is 37.9 Å². The van der Waals surface area contributed by atoms with Gasteiger partial charge in [0.25, 0.3) is 0 Å². The zero-order valence-electron chi connectivity index (χ0n) is 31.5. The summed E-state index contributed by atoms with van der Waals surface area (Å²) < 4.78 is 40.6. The lowest BCUT2D eigenvalue weighted by molar-refractivity contribution is -0.209. The predicted octanol–water partition coefficient (Wildman–Crippen LogP) is 11.7. The van der Waals surface area contributed by atoms with Crippen LogP contribution in [0.25, 0.3) is 32.7 Å². The van der Waals surface area contributed by atoms with Crippen molar-refractivity contribution in [3.05, 3.63) is 88.0 Å². The highest BCUT2D eigenvalue weighted by Gasteiger charge is 2.56. The first kappa shape index (κ1) is 35.6. The van der Waals surface area contributed by atoms with E-state index in [0.29, 0.717) is 5.75 Å². The molecule has 5 aromatic rings. The van der Waals surface area contributed by atoms with Gasteiger partial charge in [-0.2, -0.15) is 0 Å². The second-order valence-corrected chi connectivity index (χ2v) is 18.6. The highest BCUT2D eigenvalue weighted by molar-refractivity contribution is 7.99. The molecule has 7 rings (SSSR count). The number of benzene rings is 4. The number of rotatable bonds is 5. The normalized spacial score (nSPS) is 22.2. The number of ether oxygens (including phenoxy) is 3. The number of hydrogen-bond acceptors (Lipinski definition) is 7. The Morgan fingerprint density at radius 2 is 1.32 bits per heavy atom. The van der Waals surface area contributed by atoms with Gasteiger partial charge in [0.15, 0.2) is 12.1 Å². The molecule has 0 saturated carbocycles. The summed E-state index contributed by atoms with van der Waals surface area (Å²) >= 11 is 1.76. The van der Waals surface area contributed by atoms with Crippen LogP contribution < -0.4 is 4.52 Å². The Hall–Kier alpha value is -2.77. The molecule has 0 amide bonds. The van der Waals surface area contributed by atoms with Crippen LogP contribution >= 0.6 is 20.0 Å². The lowest BCUT2D eigenvalue weighted by Crippen LogP contribution is -2.39. The second-order valence-electron chi connectivity index (χ2n) is 16.5. The van der Waals surface area contributed by atoms with Crippen molar-refractivity contribution in [2.75, 3.05) is 5.75 Å². The monoisotopic (exact) mass is 714 g/mol. The number of fused-ring (bicyclic) bond motifs is 5. The third-order valence-corrected chi connectivity index (χ3v) is 12.5. The standard InChI is InChI=1S/C42H51O6PS/c1-23-20-29(40(5,6)7)35-33(25(23)3)34-26(4)24(2)21-30(41(8,9)10)36(34)47-49(46-35)48-37-31(43-39-38(37)44-42(11,12)45-39)22-50-32-19-15-17-27-16-13-14-18-28(27)32/h13-21,31,37-39H,22H2,1-12H3/t31-,37+,38-,39-/m1/s1. The minimum absolute atomic E-state index is 0.190. The van der Waals surface area contributed by atoms with Crippen molar-refractivity contribution in [3.8, 4) is 0 Å². The highest BCUT2D eigenvalue weighted by atomic mass is 32.2. The van der Waals surface area contributed by atoms with Crippen molar-refractivity contribution in [2.24, 2.45) is 0 Å². The Labute approximate surface area is 301 Å². The molecule has 1 aromatic heterocycles. The molecule has 6 nitrogen and oxygen atoms in total. The van der Waals surface area contributed by atoms with E-state index < -0.39 is 32.5 Å². The van der Waals surface area contributed by atoms with Crippen molar-refractivity contribution < 1.29 is 27.1 Å². The lowest BCUT2D eigenvalue weighted by Gasteiger charge is -2.25. The van der Waals surface area contributed by atoms with Gasteiger partial charge in [-0.1, -0.05) is 90.1 Å². The fourth-order valence-electron chi connectivity index (χ4n) is 7.30. The summed E-state index contributed by atoms with van der Waals surface area (Å²) in [6, 6.07) is 19.4. The fourth-order valence-corrected chi connectivity index (χ4v) is 9.69. The molecule has 0 aliphatic carbocycles. The number of hydrogen-bond donors (Lipinski definition) is 0. The first-order chi connectivity index (χ1) is 23.4. The molecular formula is C42H51O6PS. The van der Waals surface area contributed by atoms with Gasteiger partial charge in [-0.3, -0.25) is 4.52 Å². The van der Waals surface area contributed by atoms with Gasteiger partial charge in [0, 0.05) is 32.5 Å². The largest absolute Gasteiger partial charge is 0.399 e. The second kappa shape index (κ2) is 12.7. The Morgan fingerprint density at radius 1 is 0.760 bits per heavy atom. The smallest absolute Gasteiger partial charge is 0.387 e. The summed E-state index contributed by atoms with van der Waals surface area (Å²) in [7, 11) is -1.95. The molecule has 4 atom stereocenters. The van der Waals surface area contributed by atoms with E-state index in [1.54, 1.807) is 11.8 Å². The SMILES string of the molecule is Cc1cc(C(C)(C)C)c2op(O[C@@H]3[C@H]4OC(C)(C)O[C@H]4O[C@@H]3CSc3cccc4ccccc34)oc3c(C(C)(C)C)cc(C)c(C)c3c2c1C. The molecule has 0 bridgehead atoms. The average Bonchev–Trinajstić information content (AvgIpc) is 3.42. The van der Waals surface area contributed by atoms with Crippen LogP contribution in [-0.2, 0) is 25.0 Å². The molecule has 2 fully saturated rings. The van der Waals surface area contributed by atoms with Crippen molar-refractivity contribution in [1.82, 2.24) is 0 Å². The van der Waals surface area contributed by atoms with Gasteiger partial charge in [0.2, 0.25) is 0 Å². The van der Waals surface area contributed by atoms with Gasteiger partial charge in [-0.05, 0) is 91.5 Å². The molecule has 4 aromatic carbocycles. The zero-order chi connectivity index (χ0) is 35.9. The quantitative estimate of drug-likeness (QED) is 0.168. The summed E-state index contributed by atoms with van der Waals surface area (Å²) in [5, 5.41) is 4.62. The van der Waals surface area contributed by atoms with Gasteiger partial charge in [-0.25, -0.2) is 0 Å². The fraction of sp³-hybridized carbons (Fsp3) is 0.476. The van der Waals surface area contributed by atoms with E-state index in [2.05, 4.69) is 124 Å².